The molecule has 4 rings (SSSR count). The molecule has 0 spiro atoms. The molecule has 24 heavy (non-hydrogen) atoms. The molecule has 3 nitrogen and oxygen atoms in total. The summed E-state index contributed by atoms with van der Waals surface area (Å²) in [5.74, 6) is 0.0430. The van der Waals surface area contributed by atoms with Gasteiger partial charge in [-0.15, -0.1) is 22.7 Å². The van der Waals surface area contributed by atoms with E-state index in [0.717, 1.165) is 18.7 Å². The Morgan fingerprint density at radius 2 is 1.96 bits per heavy atom. The Balaban J connectivity index is 1.54. The van der Waals surface area contributed by atoms with Gasteiger partial charge in [0.15, 0.2) is 0 Å². The molecule has 3 aromatic rings. The summed E-state index contributed by atoms with van der Waals surface area (Å²) in [6.07, 6.45) is 1.02. The largest absolute Gasteiger partial charge is 0.325 e. The molecule has 1 aliphatic rings. The SMILES string of the molecule is O=C(CN1CCc2sccc2[C@H]1c1cccs1)Nc1ccccc1. The number of carbonyl (C=O) groups is 1. The number of nitrogens with one attached hydrogen (secondary N) is 1. The van der Waals surface area contributed by atoms with Crippen molar-refractivity contribution in [1.82, 2.24) is 4.90 Å². The zero-order valence-corrected chi connectivity index (χ0v) is 14.8. The summed E-state index contributed by atoms with van der Waals surface area (Å²) in [5, 5.41) is 7.27. The van der Waals surface area contributed by atoms with Crippen molar-refractivity contribution in [3.63, 3.8) is 0 Å². The van der Waals surface area contributed by atoms with E-state index in [2.05, 4.69) is 39.2 Å². The van der Waals surface area contributed by atoms with Gasteiger partial charge in [0.1, 0.15) is 0 Å². The third-order valence-electron chi connectivity index (χ3n) is 4.28. The molecule has 122 valence electrons. The summed E-state index contributed by atoms with van der Waals surface area (Å²) in [4.78, 5) is 17.5. The molecule has 5 heteroatoms. The summed E-state index contributed by atoms with van der Waals surface area (Å²) in [6, 6.07) is 16.3. The lowest BCUT2D eigenvalue weighted by Gasteiger charge is -2.34. The number of carbonyl (C=O) groups excluding carboxylic acids is 1. The fraction of sp³-hybridized carbons (Fsp3) is 0.211. The van der Waals surface area contributed by atoms with Crippen molar-refractivity contribution in [1.29, 1.82) is 0 Å². The lowest BCUT2D eigenvalue weighted by molar-refractivity contribution is -0.117. The molecule has 0 saturated heterocycles. The molecule has 0 fully saturated rings. The monoisotopic (exact) mass is 354 g/mol. The van der Waals surface area contributed by atoms with Crippen molar-refractivity contribution in [2.75, 3.05) is 18.4 Å². The number of rotatable bonds is 4. The van der Waals surface area contributed by atoms with Crippen LogP contribution in [0.25, 0.3) is 0 Å². The molecule has 1 atom stereocenters. The van der Waals surface area contributed by atoms with Crippen LogP contribution in [0.4, 0.5) is 5.69 Å². The molecule has 0 radical (unpaired) electrons. The minimum atomic E-state index is 0.0430. The minimum absolute atomic E-state index is 0.0430. The highest BCUT2D eigenvalue weighted by Gasteiger charge is 2.31. The third-order valence-corrected chi connectivity index (χ3v) is 6.20. The number of anilines is 1. The Kier molecular flexibility index (Phi) is 4.47. The highest BCUT2D eigenvalue weighted by molar-refractivity contribution is 7.10. The van der Waals surface area contributed by atoms with E-state index < -0.39 is 0 Å². The Labute approximate surface area is 149 Å². The summed E-state index contributed by atoms with van der Waals surface area (Å²) in [5.41, 5.74) is 2.21. The molecule has 3 heterocycles. The number of para-hydroxylation sites is 1. The van der Waals surface area contributed by atoms with Crippen LogP contribution in [0.1, 0.15) is 21.4 Å². The molecule has 0 bridgehead atoms. The maximum Gasteiger partial charge on any atom is 0.238 e. The van der Waals surface area contributed by atoms with E-state index in [4.69, 9.17) is 0 Å². The van der Waals surface area contributed by atoms with E-state index in [-0.39, 0.29) is 11.9 Å². The van der Waals surface area contributed by atoms with Crippen molar-refractivity contribution < 1.29 is 4.79 Å². The molecule has 0 unspecified atom stereocenters. The predicted molar refractivity (Wildman–Crippen MR) is 101 cm³/mol. The Bertz CT molecular complexity index is 811. The first-order valence-corrected chi connectivity index (χ1v) is 9.76. The second-order valence-electron chi connectivity index (χ2n) is 5.85. The van der Waals surface area contributed by atoms with Gasteiger partial charge in [-0.2, -0.15) is 0 Å². The lowest BCUT2D eigenvalue weighted by Crippen LogP contribution is -2.40. The van der Waals surface area contributed by atoms with Crippen LogP contribution in [-0.4, -0.2) is 23.9 Å². The number of benzene rings is 1. The van der Waals surface area contributed by atoms with E-state index in [9.17, 15) is 4.79 Å². The summed E-state index contributed by atoms with van der Waals surface area (Å²) >= 11 is 3.59. The lowest BCUT2D eigenvalue weighted by atomic mass is 9.98. The smallest absolute Gasteiger partial charge is 0.238 e. The average molecular weight is 355 g/mol. The molecular weight excluding hydrogens is 336 g/mol. The van der Waals surface area contributed by atoms with Gasteiger partial charge in [-0.3, -0.25) is 9.69 Å². The van der Waals surface area contributed by atoms with E-state index in [0.29, 0.717) is 6.54 Å². The van der Waals surface area contributed by atoms with E-state index >= 15 is 0 Å². The molecule has 0 aliphatic carbocycles. The first kappa shape index (κ1) is 15.6. The molecule has 1 amide bonds. The predicted octanol–water partition coefficient (Wildman–Crippen LogP) is 4.40. The second kappa shape index (κ2) is 6.89. The number of fused-ring (bicyclic) bond motifs is 1. The van der Waals surface area contributed by atoms with Crippen molar-refractivity contribution in [2.24, 2.45) is 0 Å². The topological polar surface area (TPSA) is 32.3 Å². The molecule has 1 N–H and O–H groups in total. The maximum atomic E-state index is 12.5. The van der Waals surface area contributed by atoms with Gasteiger partial charge in [0, 0.05) is 22.0 Å². The van der Waals surface area contributed by atoms with Gasteiger partial charge in [0.25, 0.3) is 0 Å². The van der Waals surface area contributed by atoms with Crippen LogP contribution in [0.2, 0.25) is 0 Å². The average Bonchev–Trinajstić information content (AvgIpc) is 3.27. The van der Waals surface area contributed by atoms with Crippen LogP contribution < -0.4 is 5.32 Å². The zero-order chi connectivity index (χ0) is 16.4. The van der Waals surface area contributed by atoms with Crippen molar-refractivity contribution in [3.05, 3.63) is 74.6 Å². The first-order valence-electron chi connectivity index (χ1n) is 8.00. The number of amides is 1. The van der Waals surface area contributed by atoms with Crippen LogP contribution >= 0.6 is 22.7 Å². The quantitative estimate of drug-likeness (QED) is 0.753. The van der Waals surface area contributed by atoms with Gasteiger partial charge in [-0.25, -0.2) is 0 Å². The van der Waals surface area contributed by atoms with Crippen LogP contribution in [0, 0.1) is 0 Å². The first-order chi connectivity index (χ1) is 11.8. The minimum Gasteiger partial charge on any atom is -0.325 e. The standard InChI is InChI=1S/C19H18N2OS2/c22-18(20-14-5-2-1-3-6-14)13-21-10-8-16-15(9-12-24-16)19(21)17-7-4-11-23-17/h1-7,9,11-12,19H,8,10,13H2,(H,20,22)/t19-/m0/s1. The fourth-order valence-corrected chi connectivity index (χ4v) is 5.01. The third kappa shape index (κ3) is 3.15. The summed E-state index contributed by atoms with van der Waals surface area (Å²) in [6.45, 7) is 1.32. The number of nitrogens with zero attached hydrogens (tertiary/aromatic N) is 1. The zero-order valence-electron chi connectivity index (χ0n) is 13.1. The van der Waals surface area contributed by atoms with Crippen molar-refractivity contribution in [2.45, 2.75) is 12.5 Å². The van der Waals surface area contributed by atoms with Gasteiger partial charge in [-0.05, 0) is 47.0 Å². The van der Waals surface area contributed by atoms with Gasteiger partial charge >= 0.3 is 0 Å². The Morgan fingerprint density at radius 3 is 2.75 bits per heavy atom. The number of thiophene rings is 2. The Morgan fingerprint density at radius 1 is 1.08 bits per heavy atom. The summed E-state index contributed by atoms with van der Waals surface area (Å²) in [7, 11) is 0. The van der Waals surface area contributed by atoms with Crippen LogP contribution in [0.15, 0.2) is 59.3 Å². The van der Waals surface area contributed by atoms with Gasteiger partial charge in [-0.1, -0.05) is 24.3 Å². The van der Waals surface area contributed by atoms with E-state index in [1.165, 1.54) is 15.3 Å². The van der Waals surface area contributed by atoms with Gasteiger partial charge in [0.2, 0.25) is 5.91 Å². The van der Waals surface area contributed by atoms with Gasteiger partial charge in [0.05, 0.1) is 12.6 Å². The normalized spacial score (nSPS) is 17.4. The molecule has 2 aromatic heterocycles. The van der Waals surface area contributed by atoms with Crippen molar-refractivity contribution >= 4 is 34.3 Å². The van der Waals surface area contributed by atoms with Crippen LogP contribution in [0.3, 0.4) is 0 Å². The second-order valence-corrected chi connectivity index (χ2v) is 7.83. The highest BCUT2D eigenvalue weighted by atomic mass is 32.1. The molecular formula is C19H18N2OS2. The number of hydrogen-bond acceptors (Lipinski definition) is 4. The Hall–Kier alpha value is -1.95. The molecule has 0 saturated carbocycles. The number of hydrogen-bond donors (Lipinski definition) is 1. The maximum absolute atomic E-state index is 12.5. The molecule has 1 aliphatic heterocycles. The highest BCUT2D eigenvalue weighted by Crippen LogP contribution is 2.39. The molecule has 1 aromatic carbocycles. The van der Waals surface area contributed by atoms with Crippen molar-refractivity contribution in [3.8, 4) is 0 Å². The van der Waals surface area contributed by atoms with E-state index in [1.54, 1.807) is 11.3 Å². The van der Waals surface area contributed by atoms with E-state index in [1.807, 2.05) is 41.7 Å². The fourth-order valence-electron chi connectivity index (χ4n) is 3.23. The van der Waals surface area contributed by atoms with Gasteiger partial charge < -0.3 is 5.32 Å². The summed E-state index contributed by atoms with van der Waals surface area (Å²) < 4.78 is 0. The van der Waals surface area contributed by atoms with Crippen LogP contribution in [-0.2, 0) is 11.2 Å². The van der Waals surface area contributed by atoms with Crippen LogP contribution in [0.5, 0.6) is 0 Å².